The highest BCUT2D eigenvalue weighted by molar-refractivity contribution is 5.77. The van der Waals surface area contributed by atoms with Crippen molar-refractivity contribution >= 4 is 5.91 Å². The standard InChI is InChI=1S/C17H17F4N3O/c1-11-9-15(17(19,20)21)22-24(11)10-16(25)23-8-2-3-14(23)12-4-6-13(18)7-5-12/h4-7,9,14H,2-3,8,10H2,1H3/t14-/m1/s1. The summed E-state index contributed by atoms with van der Waals surface area (Å²) >= 11 is 0. The molecule has 0 N–H and O–H groups in total. The third-order valence-electron chi connectivity index (χ3n) is 4.38. The first-order chi connectivity index (χ1) is 11.8. The number of likely N-dealkylation sites (tertiary alicyclic amines) is 1. The summed E-state index contributed by atoms with van der Waals surface area (Å²) in [5.41, 5.74) is 0.0907. The van der Waals surface area contributed by atoms with Crippen molar-refractivity contribution in [2.75, 3.05) is 6.54 Å². The smallest absolute Gasteiger partial charge is 0.334 e. The van der Waals surface area contributed by atoms with Crippen LogP contribution in [0.15, 0.2) is 30.3 Å². The fourth-order valence-electron chi connectivity index (χ4n) is 3.12. The van der Waals surface area contributed by atoms with E-state index < -0.39 is 11.9 Å². The van der Waals surface area contributed by atoms with E-state index >= 15 is 0 Å². The van der Waals surface area contributed by atoms with Crippen molar-refractivity contribution in [1.29, 1.82) is 0 Å². The summed E-state index contributed by atoms with van der Waals surface area (Å²) in [4.78, 5) is 14.2. The van der Waals surface area contributed by atoms with Crippen LogP contribution in [-0.4, -0.2) is 27.1 Å². The van der Waals surface area contributed by atoms with Gasteiger partial charge in [0.15, 0.2) is 5.69 Å². The number of carbonyl (C=O) groups excluding carboxylic acids is 1. The minimum atomic E-state index is -4.54. The quantitative estimate of drug-likeness (QED) is 0.787. The Bertz CT molecular complexity index is 767. The fraction of sp³-hybridized carbons (Fsp3) is 0.412. The first kappa shape index (κ1) is 17.4. The molecule has 2 heterocycles. The average Bonchev–Trinajstić information content (AvgIpc) is 3.15. The van der Waals surface area contributed by atoms with Gasteiger partial charge < -0.3 is 4.90 Å². The van der Waals surface area contributed by atoms with Crippen molar-refractivity contribution in [1.82, 2.24) is 14.7 Å². The Morgan fingerprint density at radius 3 is 2.56 bits per heavy atom. The third kappa shape index (κ3) is 3.67. The molecule has 0 unspecified atom stereocenters. The molecule has 1 atom stereocenters. The van der Waals surface area contributed by atoms with Crippen LogP contribution < -0.4 is 0 Å². The summed E-state index contributed by atoms with van der Waals surface area (Å²) in [5.74, 6) is -0.654. The Hall–Kier alpha value is -2.38. The number of carbonyl (C=O) groups is 1. The number of amides is 1. The van der Waals surface area contributed by atoms with Crippen molar-refractivity contribution in [2.24, 2.45) is 0 Å². The monoisotopic (exact) mass is 355 g/mol. The number of rotatable bonds is 3. The highest BCUT2D eigenvalue weighted by Gasteiger charge is 2.35. The normalized spacial score (nSPS) is 18.0. The van der Waals surface area contributed by atoms with Crippen molar-refractivity contribution < 1.29 is 22.4 Å². The van der Waals surface area contributed by atoms with Crippen molar-refractivity contribution in [3.63, 3.8) is 0 Å². The molecule has 1 fully saturated rings. The average molecular weight is 355 g/mol. The van der Waals surface area contributed by atoms with Gasteiger partial charge in [0.25, 0.3) is 0 Å². The van der Waals surface area contributed by atoms with Crippen LogP contribution >= 0.6 is 0 Å². The van der Waals surface area contributed by atoms with Crippen LogP contribution in [0.3, 0.4) is 0 Å². The Morgan fingerprint density at radius 2 is 1.96 bits per heavy atom. The molecule has 0 radical (unpaired) electrons. The maximum absolute atomic E-state index is 13.1. The van der Waals surface area contributed by atoms with Crippen molar-refractivity contribution in [3.8, 4) is 0 Å². The minimum absolute atomic E-state index is 0.189. The molecule has 2 aromatic rings. The summed E-state index contributed by atoms with van der Waals surface area (Å²) < 4.78 is 52.4. The summed E-state index contributed by atoms with van der Waals surface area (Å²) in [6.45, 7) is 1.75. The molecule has 1 amide bonds. The summed E-state index contributed by atoms with van der Waals surface area (Å²) in [5, 5.41) is 3.50. The van der Waals surface area contributed by atoms with Gasteiger partial charge in [0, 0.05) is 12.2 Å². The Balaban J connectivity index is 1.76. The lowest BCUT2D eigenvalue weighted by molar-refractivity contribution is -0.142. The van der Waals surface area contributed by atoms with E-state index in [4.69, 9.17) is 0 Å². The summed E-state index contributed by atoms with van der Waals surface area (Å²) in [6, 6.07) is 6.67. The van der Waals surface area contributed by atoms with Crippen LogP contribution in [0.5, 0.6) is 0 Å². The second-order valence-corrected chi connectivity index (χ2v) is 6.12. The van der Waals surface area contributed by atoms with E-state index in [9.17, 15) is 22.4 Å². The lowest BCUT2D eigenvalue weighted by Crippen LogP contribution is -2.34. The van der Waals surface area contributed by atoms with Crippen LogP contribution in [-0.2, 0) is 17.5 Å². The number of hydrogen-bond acceptors (Lipinski definition) is 2. The zero-order valence-corrected chi connectivity index (χ0v) is 13.6. The van der Waals surface area contributed by atoms with E-state index in [1.54, 1.807) is 17.0 Å². The second kappa shape index (κ2) is 6.50. The molecule has 134 valence electrons. The molecule has 0 spiro atoms. The van der Waals surface area contributed by atoms with Gasteiger partial charge in [-0.3, -0.25) is 9.48 Å². The van der Waals surface area contributed by atoms with Crippen molar-refractivity contribution in [3.05, 3.63) is 53.1 Å². The molecule has 0 aliphatic carbocycles. The fourth-order valence-corrected chi connectivity index (χ4v) is 3.12. The molecule has 8 heteroatoms. The van der Waals surface area contributed by atoms with Gasteiger partial charge >= 0.3 is 6.18 Å². The van der Waals surface area contributed by atoms with E-state index in [-0.39, 0.29) is 30.0 Å². The molecule has 25 heavy (non-hydrogen) atoms. The molecule has 1 aliphatic heterocycles. The van der Waals surface area contributed by atoms with E-state index in [0.717, 1.165) is 29.2 Å². The number of aryl methyl sites for hydroxylation is 1. The predicted octanol–water partition coefficient (Wildman–Crippen LogP) is 3.71. The van der Waals surface area contributed by atoms with Gasteiger partial charge in [0.05, 0.1) is 6.04 Å². The van der Waals surface area contributed by atoms with Crippen molar-refractivity contribution in [2.45, 2.75) is 38.5 Å². The molecular formula is C17H17F4N3O. The van der Waals surface area contributed by atoms with Crippen LogP contribution in [0.1, 0.15) is 35.8 Å². The molecule has 1 aliphatic rings. The van der Waals surface area contributed by atoms with Crippen LogP contribution in [0.4, 0.5) is 17.6 Å². The van der Waals surface area contributed by atoms with Crippen LogP contribution in [0.2, 0.25) is 0 Å². The van der Waals surface area contributed by atoms with Gasteiger partial charge in [-0.05, 0) is 43.5 Å². The van der Waals surface area contributed by atoms with E-state index in [0.29, 0.717) is 6.54 Å². The van der Waals surface area contributed by atoms with Gasteiger partial charge in [-0.1, -0.05) is 12.1 Å². The molecular weight excluding hydrogens is 338 g/mol. The largest absolute Gasteiger partial charge is 0.435 e. The number of alkyl halides is 3. The SMILES string of the molecule is Cc1cc(C(F)(F)F)nn1CC(=O)N1CCC[C@@H]1c1ccc(F)cc1. The highest BCUT2D eigenvalue weighted by atomic mass is 19.4. The van der Waals surface area contributed by atoms with E-state index in [1.165, 1.54) is 19.1 Å². The number of benzene rings is 1. The topological polar surface area (TPSA) is 38.1 Å². The Kier molecular flexibility index (Phi) is 4.53. The number of hydrogen-bond donors (Lipinski definition) is 0. The number of nitrogens with zero attached hydrogens (tertiary/aromatic N) is 3. The first-order valence-corrected chi connectivity index (χ1v) is 7.92. The van der Waals surface area contributed by atoms with Crippen LogP contribution in [0, 0.1) is 12.7 Å². The number of aromatic nitrogens is 2. The zero-order chi connectivity index (χ0) is 18.2. The highest BCUT2D eigenvalue weighted by Crippen LogP contribution is 2.32. The third-order valence-corrected chi connectivity index (χ3v) is 4.38. The van der Waals surface area contributed by atoms with E-state index in [2.05, 4.69) is 5.10 Å². The number of halogens is 4. The molecule has 1 aromatic carbocycles. The van der Waals surface area contributed by atoms with Gasteiger partial charge in [-0.15, -0.1) is 0 Å². The first-order valence-electron chi connectivity index (χ1n) is 7.92. The molecule has 1 saturated heterocycles. The second-order valence-electron chi connectivity index (χ2n) is 6.12. The molecule has 3 rings (SSSR count). The maximum Gasteiger partial charge on any atom is 0.435 e. The maximum atomic E-state index is 13.1. The minimum Gasteiger partial charge on any atom is -0.334 e. The summed E-state index contributed by atoms with van der Waals surface area (Å²) in [7, 11) is 0. The van der Waals surface area contributed by atoms with Gasteiger partial charge in [-0.2, -0.15) is 18.3 Å². The van der Waals surface area contributed by atoms with E-state index in [1.807, 2.05) is 0 Å². The lowest BCUT2D eigenvalue weighted by atomic mass is 10.0. The predicted molar refractivity (Wildman–Crippen MR) is 82.1 cm³/mol. The van der Waals surface area contributed by atoms with Crippen LogP contribution in [0.25, 0.3) is 0 Å². The molecule has 0 bridgehead atoms. The molecule has 4 nitrogen and oxygen atoms in total. The van der Waals surface area contributed by atoms with Gasteiger partial charge in [0.1, 0.15) is 12.4 Å². The molecule has 1 aromatic heterocycles. The Morgan fingerprint density at radius 1 is 1.28 bits per heavy atom. The molecule has 0 saturated carbocycles. The Labute approximate surface area is 142 Å². The van der Waals surface area contributed by atoms with Gasteiger partial charge in [-0.25, -0.2) is 4.39 Å². The lowest BCUT2D eigenvalue weighted by Gasteiger charge is -2.25. The summed E-state index contributed by atoms with van der Waals surface area (Å²) in [6.07, 6.45) is -3.01. The zero-order valence-electron chi connectivity index (χ0n) is 13.6. The van der Waals surface area contributed by atoms with Gasteiger partial charge in [0.2, 0.25) is 5.91 Å².